The van der Waals surface area contributed by atoms with Crippen LogP contribution in [0.3, 0.4) is 0 Å². The lowest BCUT2D eigenvalue weighted by molar-refractivity contribution is 0.0716. The molecule has 2 atom stereocenters. The van der Waals surface area contributed by atoms with Gasteiger partial charge in [-0.15, -0.1) is 0 Å². The summed E-state index contributed by atoms with van der Waals surface area (Å²) in [6, 6.07) is 7.24. The first-order valence-corrected chi connectivity index (χ1v) is 12.3. The summed E-state index contributed by atoms with van der Waals surface area (Å²) in [6.45, 7) is 2.89. The van der Waals surface area contributed by atoms with Gasteiger partial charge in [-0.05, 0) is 62.8 Å². The van der Waals surface area contributed by atoms with E-state index >= 15 is 0 Å². The Balaban J connectivity index is 1.68. The van der Waals surface area contributed by atoms with E-state index in [-0.39, 0.29) is 11.9 Å². The van der Waals surface area contributed by atoms with E-state index in [1.165, 1.54) is 32.1 Å². The molecule has 4 nitrogen and oxygen atoms in total. The van der Waals surface area contributed by atoms with Crippen LogP contribution in [-0.4, -0.2) is 27.7 Å². The molecule has 1 aromatic heterocycles. The molecule has 0 bridgehead atoms. The standard InChI is InChI=1S/C25H32Cl2N2O2/c1-16-19(25(31)28-22-9-5-6-10-24(22)30)14-23(20-13-18(26)11-12-21(20)27)29(16)15-17-7-3-2-4-8-17/h11-14,17,22,24,30H,2-10,15H2,1H3,(H,28,31)/t22-,24-/m1/s1. The fourth-order valence-electron chi connectivity index (χ4n) is 5.18. The lowest BCUT2D eigenvalue weighted by atomic mass is 9.89. The fraction of sp³-hybridized carbons (Fsp3) is 0.560. The topological polar surface area (TPSA) is 54.3 Å². The summed E-state index contributed by atoms with van der Waals surface area (Å²) in [5.74, 6) is 0.484. The summed E-state index contributed by atoms with van der Waals surface area (Å²) in [5, 5.41) is 14.6. The van der Waals surface area contributed by atoms with Crippen LogP contribution in [0.1, 0.15) is 73.8 Å². The normalized spacial score (nSPS) is 22.5. The molecule has 2 aliphatic carbocycles. The number of rotatable bonds is 5. The molecular formula is C25H32Cl2N2O2. The number of carbonyl (C=O) groups excluding carboxylic acids is 1. The lowest BCUT2D eigenvalue weighted by Crippen LogP contribution is -2.45. The third-order valence-electron chi connectivity index (χ3n) is 7.03. The largest absolute Gasteiger partial charge is 0.391 e. The molecule has 2 fully saturated rings. The minimum Gasteiger partial charge on any atom is -0.391 e. The van der Waals surface area contributed by atoms with Crippen molar-refractivity contribution in [2.45, 2.75) is 83.4 Å². The molecule has 168 valence electrons. The summed E-state index contributed by atoms with van der Waals surface area (Å²) in [6.07, 6.45) is 9.43. The van der Waals surface area contributed by atoms with Crippen LogP contribution in [0.5, 0.6) is 0 Å². The number of hydrogen-bond donors (Lipinski definition) is 2. The van der Waals surface area contributed by atoms with Gasteiger partial charge in [0.25, 0.3) is 5.91 Å². The zero-order valence-electron chi connectivity index (χ0n) is 18.2. The zero-order chi connectivity index (χ0) is 22.0. The summed E-state index contributed by atoms with van der Waals surface area (Å²) >= 11 is 12.8. The van der Waals surface area contributed by atoms with Crippen molar-refractivity contribution in [2.24, 2.45) is 5.92 Å². The van der Waals surface area contributed by atoms with Gasteiger partial charge >= 0.3 is 0 Å². The number of nitrogens with zero attached hydrogens (tertiary/aromatic N) is 1. The molecule has 2 saturated carbocycles. The third kappa shape index (κ3) is 5.13. The molecule has 0 unspecified atom stereocenters. The summed E-state index contributed by atoms with van der Waals surface area (Å²) < 4.78 is 2.25. The van der Waals surface area contributed by atoms with Crippen molar-refractivity contribution in [3.63, 3.8) is 0 Å². The number of aliphatic hydroxyl groups is 1. The van der Waals surface area contributed by atoms with E-state index in [0.29, 0.717) is 21.5 Å². The molecule has 1 amide bonds. The Morgan fingerprint density at radius 3 is 2.52 bits per heavy atom. The number of halogens is 2. The van der Waals surface area contributed by atoms with Crippen molar-refractivity contribution in [1.29, 1.82) is 0 Å². The lowest BCUT2D eigenvalue weighted by Gasteiger charge is -2.28. The van der Waals surface area contributed by atoms with E-state index in [4.69, 9.17) is 23.2 Å². The first-order chi connectivity index (χ1) is 14.9. The van der Waals surface area contributed by atoms with Crippen molar-refractivity contribution in [3.8, 4) is 11.3 Å². The van der Waals surface area contributed by atoms with Crippen LogP contribution in [0, 0.1) is 12.8 Å². The molecule has 0 radical (unpaired) electrons. The molecule has 31 heavy (non-hydrogen) atoms. The minimum atomic E-state index is -0.468. The van der Waals surface area contributed by atoms with E-state index in [0.717, 1.165) is 49.2 Å². The van der Waals surface area contributed by atoms with Crippen LogP contribution in [0.2, 0.25) is 10.0 Å². The number of hydrogen-bond acceptors (Lipinski definition) is 2. The number of aromatic nitrogens is 1. The van der Waals surface area contributed by atoms with Gasteiger partial charge in [0.15, 0.2) is 0 Å². The smallest absolute Gasteiger partial charge is 0.253 e. The molecule has 2 aromatic rings. The number of nitrogens with one attached hydrogen (secondary N) is 1. The highest BCUT2D eigenvalue weighted by molar-refractivity contribution is 6.35. The molecule has 1 aromatic carbocycles. The van der Waals surface area contributed by atoms with Gasteiger partial charge in [0, 0.05) is 27.8 Å². The number of benzene rings is 1. The Morgan fingerprint density at radius 1 is 1.06 bits per heavy atom. The monoisotopic (exact) mass is 462 g/mol. The van der Waals surface area contributed by atoms with E-state index < -0.39 is 6.10 Å². The summed E-state index contributed by atoms with van der Waals surface area (Å²) in [4.78, 5) is 13.2. The first-order valence-electron chi connectivity index (χ1n) is 11.6. The predicted octanol–water partition coefficient (Wildman–Crippen LogP) is 6.38. The van der Waals surface area contributed by atoms with Crippen LogP contribution in [0.15, 0.2) is 24.3 Å². The highest BCUT2D eigenvalue weighted by Gasteiger charge is 2.28. The average Bonchev–Trinajstić information content (AvgIpc) is 3.08. The maximum absolute atomic E-state index is 13.2. The molecule has 2 aliphatic rings. The van der Waals surface area contributed by atoms with Gasteiger partial charge in [0.2, 0.25) is 0 Å². The molecule has 4 rings (SSSR count). The average molecular weight is 463 g/mol. The third-order valence-corrected chi connectivity index (χ3v) is 7.59. The SMILES string of the molecule is Cc1c(C(=O)N[C@@H]2CCCC[C@H]2O)cc(-c2cc(Cl)ccc2Cl)n1CC1CCCCC1. The quantitative estimate of drug-likeness (QED) is 0.540. The van der Waals surface area contributed by atoms with E-state index in [2.05, 4.69) is 9.88 Å². The van der Waals surface area contributed by atoms with E-state index in [9.17, 15) is 9.90 Å². The minimum absolute atomic E-state index is 0.120. The predicted molar refractivity (Wildman–Crippen MR) is 127 cm³/mol. The van der Waals surface area contributed by atoms with Crippen LogP contribution < -0.4 is 5.32 Å². The van der Waals surface area contributed by atoms with Crippen LogP contribution >= 0.6 is 23.2 Å². The number of aliphatic hydroxyl groups excluding tert-OH is 1. The molecule has 2 N–H and O–H groups in total. The zero-order valence-corrected chi connectivity index (χ0v) is 19.7. The molecule has 0 saturated heterocycles. The Morgan fingerprint density at radius 2 is 1.77 bits per heavy atom. The van der Waals surface area contributed by atoms with Crippen LogP contribution in [0.4, 0.5) is 0 Å². The fourth-order valence-corrected chi connectivity index (χ4v) is 5.57. The molecule has 1 heterocycles. The maximum atomic E-state index is 13.2. The molecule has 0 spiro atoms. The van der Waals surface area contributed by atoms with Crippen molar-refractivity contribution >= 4 is 29.1 Å². The first kappa shape index (κ1) is 22.7. The molecular weight excluding hydrogens is 431 g/mol. The summed E-state index contributed by atoms with van der Waals surface area (Å²) in [7, 11) is 0. The van der Waals surface area contributed by atoms with Gasteiger partial charge < -0.3 is 15.0 Å². The van der Waals surface area contributed by atoms with Gasteiger partial charge in [-0.25, -0.2) is 0 Å². The Bertz CT molecular complexity index is 934. The Kier molecular flexibility index (Phi) is 7.30. The van der Waals surface area contributed by atoms with Crippen molar-refractivity contribution in [3.05, 3.63) is 45.6 Å². The second-order valence-corrected chi connectivity index (χ2v) is 10.0. The molecule has 0 aliphatic heterocycles. The second kappa shape index (κ2) is 9.97. The Labute approximate surface area is 194 Å². The van der Waals surface area contributed by atoms with Gasteiger partial charge in [-0.2, -0.15) is 0 Å². The number of carbonyl (C=O) groups is 1. The van der Waals surface area contributed by atoms with Crippen LogP contribution in [0.25, 0.3) is 11.3 Å². The van der Waals surface area contributed by atoms with Crippen molar-refractivity contribution in [2.75, 3.05) is 0 Å². The summed E-state index contributed by atoms with van der Waals surface area (Å²) in [5.41, 5.74) is 3.38. The van der Waals surface area contributed by atoms with Gasteiger partial charge in [0.1, 0.15) is 0 Å². The van der Waals surface area contributed by atoms with Crippen molar-refractivity contribution < 1.29 is 9.90 Å². The van der Waals surface area contributed by atoms with E-state index in [1.807, 2.05) is 25.1 Å². The highest BCUT2D eigenvalue weighted by atomic mass is 35.5. The highest BCUT2D eigenvalue weighted by Crippen LogP contribution is 2.36. The van der Waals surface area contributed by atoms with Gasteiger partial charge in [-0.3, -0.25) is 4.79 Å². The number of amides is 1. The second-order valence-electron chi connectivity index (χ2n) is 9.20. The van der Waals surface area contributed by atoms with Crippen molar-refractivity contribution in [1.82, 2.24) is 9.88 Å². The van der Waals surface area contributed by atoms with E-state index in [1.54, 1.807) is 6.07 Å². The molecule has 6 heteroatoms. The van der Waals surface area contributed by atoms with Gasteiger partial charge in [-0.1, -0.05) is 55.3 Å². The maximum Gasteiger partial charge on any atom is 0.253 e. The van der Waals surface area contributed by atoms with Gasteiger partial charge in [0.05, 0.1) is 23.4 Å². The Hall–Kier alpha value is -1.49. The van der Waals surface area contributed by atoms with Crippen LogP contribution in [-0.2, 0) is 6.54 Å².